The lowest BCUT2D eigenvalue weighted by Crippen LogP contribution is -2.02. The van der Waals surface area contributed by atoms with Crippen LogP contribution < -0.4 is 4.74 Å². The van der Waals surface area contributed by atoms with Gasteiger partial charge in [-0.25, -0.2) is 13.6 Å². The zero-order valence-electron chi connectivity index (χ0n) is 11.1. The normalized spacial score (nSPS) is 11.5. The van der Waals surface area contributed by atoms with Gasteiger partial charge in [-0.15, -0.1) is 0 Å². The molecule has 0 aliphatic heterocycles. The van der Waals surface area contributed by atoms with Gasteiger partial charge in [0.15, 0.2) is 11.7 Å². The number of halogens is 2. The van der Waals surface area contributed by atoms with Gasteiger partial charge in [-0.2, -0.15) is 0 Å². The van der Waals surface area contributed by atoms with Crippen LogP contribution in [0.25, 0.3) is 11.7 Å². The molecule has 2 rings (SSSR count). The van der Waals surface area contributed by atoms with Gasteiger partial charge >= 0.3 is 5.97 Å². The van der Waals surface area contributed by atoms with E-state index in [0.717, 1.165) is 6.08 Å². The van der Waals surface area contributed by atoms with Gasteiger partial charge in [0.1, 0.15) is 5.75 Å². The summed E-state index contributed by atoms with van der Waals surface area (Å²) in [6.45, 7) is 3.27. The number of rotatable bonds is 4. The van der Waals surface area contributed by atoms with E-state index in [0.29, 0.717) is 0 Å². The molecule has 0 atom stereocenters. The first-order valence-electron chi connectivity index (χ1n) is 6.17. The van der Waals surface area contributed by atoms with E-state index < -0.39 is 17.6 Å². The Morgan fingerprint density at radius 1 is 0.905 bits per heavy atom. The SMILES string of the molecule is C=CC(=O)Oc1ccc(C(F)=C(F)c2ccccc2)cc1. The predicted molar refractivity (Wildman–Crippen MR) is 77.7 cm³/mol. The average molecular weight is 286 g/mol. The first-order chi connectivity index (χ1) is 10.1. The van der Waals surface area contributed by atoms with Gasteiger partial charge in [0.25, 0.3) is 0 Å². The maximum absolute atomic E-state index is 14.1. The summed E-state index contributed by atoms with van der Waals surface area (Å²) in [5, 5.41) is 0. The summed E-state index contributed by atoms with van der Waals surface area (Å²) < 4.78 is 32.9. The molecule has 106 valence electrons. The number of carbonyl (C=O) groups is 1. The maximum Gasteiger partial charge on any atom is 0.335 e. The third-order valence-corrected chi connectivity index (χ3v) is 2.71. The van der Waals surface area contributed by atoms with E-state index in [-0.39, 0.29) is 16.9 Å². The molecule has 0 radical (unpaired) electrons. The lowest BCUT2D eigenvalue weighted by molar-refractivity contribution is -0.128. The molecule has 0 heterocycles. The second-order valence-corrected chi connectivity index (χ2v) is 4.14. The van der Waals surface area contributed by atoms with E-state index in [1.807, 2.05) is 0 Å². The van der Waals surface area contributed by atoms with Crippen LogP contribution >= 0.6 is 0 Å². The van der Waals surface area contributed by atoms with Crippen molar-refractivity contribution < 1.29 is 18.3 Å². The first-order valence-corrected chi connectivity index (χ1v) is 6.17. The Kier molecular flexibility index (Phi) is 4.61. The Morgan fingerprint density at radius 3 is 1.95 bits per heavy atom. The number of esters is 1. The summed E-state index contributed by atoms with van der Waals surface area (Å²) in [5.41, 5.74) is 0.229. The molecular formula is C17H12F2O2. The lowest BCUT2D eigenvalue weighted by Gasteiger charge is -2.04. The highest BCUT2D eigenvalue weighted by Crippen LogP contribution is 2.29. The standard InChI is InChI=1S/C17H12F2O2/c1-2-15(20)21-14-10-8-13(9-11-14)17(19)16(18)12-6-4-3-5-7-12/h2-11H,1H2. The van der Waals surface area contributed by atoms with E-state index in [1.54, 1.807) is 18.2 Å². The number of benzene rings is 2. The molecule has 0 N–H and O–H groups in total. The van der Waals surface area contributed by atoms with Gasteiger partial charge in [0, 0.05) is 17.2 Å². The Hall–Kier alpha value is -2.75. The fraction of sp³-hybridized carbons (Fsp3) is 0. The largest absolute Gasteiger partial charge is 0.423 e. The van der Waals surface area contributed by atoms with Crippen LogP contribution in [0.4, 0.5) is 8.78 Å². The van der Waals surface area contributed by atoms with Gasteiger partial charge in [0.05, 0.1) is 0 Å². The van der Waals surface area contributed by atoms with E-state index >= 15 is 0 Å². The summed E-state index contributed by atoms with van der Waals surface area (Å²) in [6.07, 6.45) is 1.02. The first kappa shape index (κ1) is 14.7. The zero-order valence-corrected chi connectivity index (χ0v) is 11.1. The topological polar surface area (TPSA) is 26.3 Å². The minimum Gasteiger partial charge on any atom is -0.423 e. The Labute approximate surface area is 121 Å². The second-order valence-electron chi connectivity index (χ2n) is 4.14. The highest BCUT2D eigenvalue weighted by atomic mass is 19.2. The monoisotopic (exact) mass is 286 g/mol. The molecule has 0 bridgehead atoms. The molecule has 0 amide bonds. The van der Waals surface area contributed by atoms with Crippen molar-refractivity contribution in [3.63, 3.8) is 0 Å². The Morgan fingerprint density at radius 2 is 1.43 bits per heavy atom. The molecular weight excluding hydrogens is 274 g/mol. The molecule has 0 aliphatic rings. The van der Waals surface area contributed by atoms with Crippen molar-refractivity contribution >= 4 is 17.6 Å². The zero-order chi connectivity index (χ0) is 15.2. The van der Waals surface area contributed by atoms with Crippen LogP contribution in [0.1, 0.15) is 11.1 Å². The molecule has 0 fully saturated rings. The van der Waals surface area contributed by atoms with E-state index in [1.165, 1.54) is 36.4 Å². The molecule has 2 aromatic rings. The lowest BCUT2D eigenvalue weighted by atomic mass is 10.1. The van der Waals surface area contributed by atoms with Crippen LogP contribution in [0.2, 0.25) is 0 Å². The number of carbonyl (C=O) groups excluding carboxylic acids is 1. The van der Waals surface area contributed by atoms with Crippen molar-refractivity contribution in [2.45, 2.75) is 0 Å². The quantitative estimate of drug-likeness (QED) is 0.357. The Balaban J connectivity index is 2.25. The summed E-state index contributed by atoms with van der Waals surface area (Å²) >= 11 is 0. The van der Waals surface area contributed by atoms with Crippen LogP contribution in [0.5, 0.6) is 5.75 Å². The van der Waals surface area contributed by atoms with Gasteiger partial charge in [-0.3, -0.25) is 0 Å². The molecule has 2 aromatic carbocycles. The van der Waals surface area contributed by atoms with Crippen LogP contribution in [-0.2, 0) is 4.79 Å². The maximum atomic E-state index is 14.1. The van der Waals surface area contributed by atoms with Crippen LogP contribution in [0, 0.1) is 0 Å². The van der Waals surface area contributed by atoms with Gasteiger partial charge in [-0.1, -0.05) is 36.9 Å². The summed E-state index contributed by atoms with van der Waals surface area (Å²) in [7, 11) is 0. The minimum atomic E-state index is -0.970. The highest BCUT2D eigenvalue weighted by Gasteiger charge is 2.11. The number of hydrogen-bond acceptors (Lipinski definition) is 2. The summed E-state index contributed by atoms with van der Waals surface area (Å²) in [5.74, 6) is -2.29. The van der Waals surface area contributed by atoms with Crippen LogP contribution in [-0.4, -0.2) is 5.97 Å². The molecule has 4 heteroatoms. The Bertz CT molecular complexity index is 674. The van der Waals surface area contributed by atoms with Crippen molar-refractivity contribution in [1.29, 1.82) is 0 Å². The molecule has 2 nitrogen and oxygen atoms in total. The van der Waals surface area contributed by atoms with E-state index in [4.69, 9.17) is 4.74 Å². The van der Waals surface area contributed by atoms with Crippen molar-refractivity contribution in [2.75, 3.05) is 0 Å². The van der Waals surface area contributed by atoms with Crippen LogP contribution in [0.15, 0.2) is 67.3 Å². The molecule has 0 spiro atoms. The molecule has 0 saturated carbocycles. The van der Waals surface area contributed by atoms with Gasteiger partial charge in [-0.05, 0) is 24.3 Å². The minimum absolute atomic E-state index is 0.0646. The van der Waals surface area contributed by atoms with Gasteiger partial charge < -0.3 is 4.74 Å². The smallest absolute Gasteiger partial charge is 0.335 e. The molecule has 0 saturated heterocycles. The predicted octanol–water partition coefficient (Wildman–Crippen LogP) is 4.54. The molecule has 0 aromatic heterocycles. The fourth-order valence-electron chi connectivity index (χ4n) is 1.67. The van der Waals surface area contributed by atoms with Crippen molar-refractivity contribution in [1.82, 2.24) is 0 Å². The molecule has 0 aliphatic carbocycles. The van der Waals surface area contributed by atoms with Crippen molar-refractivity contribution in [3.05, 3.63) is 78.4 Å². The van der Waals surface area contributed by atoms with Crippen molar-refractivity contribution in [3.8, 4) is 5.75 Å². The summed E-state index contributed by atoms with van der Waals surface area (Å²) in [6, 6.07) is 13.4. The number of hydrogen-bond donors (Lipinski definition) is 0. The van der Waals surface area contributed by atoms with E-state index in [9.17, 15) is 13.6 Å². The van der Waals surface area contributed by atoms with Gasteiger partial charge in [0.2, 0.25) is 0 Å². The third kappa shape index (κ3) is 3.63. The number of ether oxygens (including phenoxy) is 1. The van der Waals surface area contributed by atoms with Crippen molar-refractivity contribution in [2.24, 2.45) is 0 Å². The summed E-state index contributed by atoms with van der Waals surface area (Å²) in [4.78, 5) is 11.0. The third-order valence-electron chi connectivity index (χ3n) is 2.71. The second kappa shape index (κ2) is 6.61. The van der Waals surface area contributed by atoms with E-state index in [2.05, 4.69) is 6.58 Å². The molecule has 21 heavy (non-hydrogen) atoms. The molecule has 0 unspecified atom stereocenters. The fourth-order valence-corrected chi connectivity index (χ4v) is 1.67. The highest BCUT2D eigenvalue weighted by molar-refractivity contribution is 5.84. The van der Waals surface area contributed by atoms with Crippen LogP contribution in [0.3, 0.4) is 0 Å². The average Bonchev–Trinajstić information content (AvgIpc) is 2.55.